The lowest BCUT2D eigenvalue weighted by atomic mass is 9.84. The van der Waals surface area contributed by atoms with Crippen molar-refractivity contribution in [2.75, 3.05) is 0 Å². The lowest BCUT2D eigenvalue weighted by Gasteiger charge is -2.45. The van der Waals surface area contributed by atoms with Crippen molar-refractivity contribution in [2.45, 2.75) is 102 Å². The molecular formula is C25H32N10O8. The summed E-state index contributed by atoms with van der Waals surface area (Å²) < 4.78 is 28.4. The molecule has 3 unspecified atom stereocenters. The molecule has 1 saturated carbocycles. The van der Waals surface area contributed by atoms with Crippen molar-refractivity contribution in [1.82, 2.24) is 5.32 Å². The Kier molecular flexibility index (Phi) is 12.2. The van der Waals surface area contributed by atoms with E-state index in [9.17, 15) is 19.9 Å². The van der Waals surface area contributed by atoms with Crippen LogP contribution in [-0.2, 0) is 39.9 Å². The zero-order valence-electron chi connectivity index (χ0n) is 23.7. The van der Waals surface area contributed by atoms with Crippen molar-refractivity contribution >= 4 is 18.0 Å². The van der Waals surface area contributed by atoms with Gasteiger partial charge in [0.2, 0.25) is 0 Å². The second-order valence-corrected chi connectivity index (χ2v) is 9.92. The zero-order valence-corrected chi connectivity index (χ0v) is 23.7. The van der Waals surface area contributed by atoms with E-state index in [2.05, 4.69) is 35.4 Å². The molecule has 1 heterocycles. The molecule has 9 atom stereocenters. The van der Waals surface area contributed by atoms with Crippen LogP contribution in [0.25, 0.3) is 31.3 Å². The summed E-state index contributed by atoms with van der Waals surface area (Å²) in [5, 5.41) is 13.9. The van der Waals surface area contributed by atoms with Gasteiger partial charge in [-0.25, -0.2) is 4.79 Å². The number of hydrogen-bond acceptors (Lipinski definition) is 11. The highest BCUT2D eigenvalue weighted by Gasteiger charge is 2.51. The van der Waals surface area contributed by atoms with Gasteiger partial charge in [-0.3, -0.25) is 9.59 Å². The largest absolute Gasteiger partial charge is 0.458 e. The first-order valence-corrected chi connectivity index (χ1v) is 13.4. The summed E-state index contributed by atoms with van der Waals surface area (Å²) in [5.41, 5.74) is 28.3. The van der Waals surface area contributed by atoms with Crippen LogP contribution in [0.4, 0.5) is 4.79 Å². The monoisotopic (exact) mass is 600 g/mol. The molecule has 18 heteroatoms. The van der Waals surface area contributed by atoms with E-state index in [4.69, 9.17) is 34.7 Å². The van der Waals surface area contributed by atoms with E-state index in [-0.39, 0.29) is 19.4 Å². The topological polar surface area (TPSA) is 256 Å². The molecule has 43 heavy (non-hydrogen) atoms. The number of azide groups is 3. The fourth-order valence-corrected chi connectivity index (χ4v) is 5.00. The Hall–Kier alpha value is -4.72. The highest BCUT2D eigenvalue weighted by atomic mass is 16.7. The zero-order chi connectivity index (χ0) is 31.4. The predicted octanol–water partition coefficient (Wildman–Crippen LogP) is 4.50. The first-order chi connectivity index (χ1) is 20.7. The maximum absolute atomic E-state index is 12.4. The number of carbonyl (C=O) groups excluding carboxylic acids is 3. The van der Waals surface area contributed by atoms with Crippen molar-refractivity contribution in [3.05, 3.63) is 67.2 Å². The van der Waals surface area contributed by atoms with Crippen LogP contribution < -0.4 is 5.32 Å². The summed E-state index contributed by atoms with van der Waals surface area (Å²) in [4.78, 5) is 45.0. The van der Waals surface area contributed by atoms with Gasteiger partial charge in [0.1, 0.15) is 18.8 Å². The van der Waals surface area contributed by atoms with Crippen LogP contribution in [0.3, 0.4) is 0 Å². The van der Waals surface area contributed by atoms with E-state index >= 15 is 0 Å². The molecule has 1 saturated heterocycles. The number of rotatable bonds is 11. The number of esters is 2. The van der Waals surface area contributed by atoms with Gasteiger partial charge >= 0.3 is 18.0 Å². The number of benzene rings is 1. The van der Waals surface area contributed by atoms with Crippen molar-refractivity contribution in [1.29, 1.82) is 0 Å². The molecule has 1 N–H and O–H groups in total. The van der Waals surface area contributed by atoms with Crippen molar-refractivity contribution < 1.29 is 38.1 Å². The highest BCUT2D eigenvalue weighted by molar-refractivity contribution is 5.68. The first-order valence-electron chi connectivity index (χ1n) is 13.4. The van der Waals surface area contributed by atoms with Crippen LogP contribution in [0.15, 0.2) is 45.7 Å². The summed E-state index contributed by atoms with van der Waals surface area (Å²) in [6.07, 6.45) is -5.97. The average Bonchev–Trinajstić information content (AvgIpc) is 2.96. The summed E-state index contributed by atoms with van der Waals surface area (Å²) in [6.45, 7) is 4.00. The van der Waals surface area contributed by atoms with Crippen LogP contribution in [-0.4, -0.2) is 72.9 Å². The highest BCUT2D eigenvalue weighted by Crippen LogP contribution is 2.35. The van der Waals surface area contributed by atoms with Crippen molar-refractivity contribution in [3.63, 3.8) is 0 Å². The molecular weight excluding hydrogens is 568 g/mol. The Morgan fingerprint density at radius 2 is 1.49 bits per heavy atom. The third-order valence-corrected chi connectivity index (χ3v) is 6.87. The Bertz CT molecular complexity index is 1280. The summed E-state index contributed by atoms with van der Waals surface area (Å²) in [6, 6.07) is 5.56. The average molecular weight is 601 g/mol. The van der Waals surface area contributed by atoms with E-state index in [0.717, 1.165) is 19.4 Å². The van der Waals surface area contributed by atoms with Gasteiger partial charge in [-0.15, -0.1) is 0 Å². The molecule has 1 aromatic rings. The number of nitrogens with zero attached hydrogens (tertiary/aromatic N) is 9. The molecule has 1 amide bonds. The molecule has 0 spiro atoms. The van der Waals surface area contributed by atoms with Gasteiger partial charge in [0.25, 0.3) is 0 Å². The Labute approximate surface area is 245 Å². The molecule has 1 aliphatic heterocycles. The SMILES string of the molecule is CC(=O)O[C@H]1[C@H](O[C@H]2O[C@H]([C@@H](C)NC(=O)OCc3ccccc3)CCC2N=[N+]=[N-])C(N=[N+]=[N-])CC(N=[N+]=[N-])[C@@H]1OC(C)=O. The molecule has 1 aliphatic carbocycles. The van der Waals surface area contributed by atoms with E-state index < -0.39 is 72.9 Å². The quantitative estimate of drug-likeness (QED) is 0.124. The van der Waals surface area contributed by atoms with Crippen LogP contribution in [0.2, 0.25) is 0 Å². The standard InChI is InChI=1S/C25H32N10O8/c1-13(29-25(38)39-12-16-7-5-4-6-8-16)20-10-9-17(30-33-26)24(42-20)43-22-19(32-35-28)11-18(31-34-27)21(40-14(2)36)23(22)41-15(3)37/h4-8,13,17-24H,9-12H2,1-3H3,(H,29,38)/t13-,17?,18?,19?,20+,21+,22-,23-,24-/m1/s1. The number of alkyl carbamates (subject to hydrolysis) is 1. The third kappa shape index (κ3) is 9.39. The maximum atomic E-state index is 12.4. The van der Waals surface area contributed by atoms with E-state index in [1.807, 2.05) is 30.3 Å². The number of amides is 1. The van der Waals surface area contributed by atoms with Gasteiger partial charge in [0, 0.05) is 28.6 Å². The minimum atomic E-state index is -1.39. The van der Waals surface area contributed by atoms with Crippen LogP contribution >= 0.6 is 0 Å². The number of nitrogens with one attached hydrogen (secondary N) is 1. The second kappa shape index (κ2) is 16.1. The van der Waals surface area contributed by atoms with E-state index in [0.29, 0.717) is 6.42 Å². The molecule has 0 aromatic heterocycles. The van der Waals surface area contributed by atoms with Crippen molar-refractivity contribution in [3.8, 4) is 0 Å². The molecule has 1 aromatic carbocycles. The lowest BCUT2D eigenvalue weighted by molar-refractivity contribution is -0.260. The van der Waals surface area contributed by atoms with Crippen LogP contribution in [0.1, 0.15) is 45.6 Å². The van der Waals surface area contributed by atoms with Gasteiger partial charge in [-0.2, -0.15) is 0 Å². The number of ether oxygens (including phenoxy) is 5. The minimum Gasteiger partial charge on any atom is -0.458 e. The molecule has 2 fully saturated rings. The lowest BCUT2D eigenvalue weighted by Crippen LogP contribution is -2.60. The van der Waals surface area contributed by atoms with Gasteiger partial charge in [-0.1, -0.05) is 45.7 Å². The molecule has 18 nitrogen and oxygen atoms in total. The summed E-state index contributed by atoms with van der Waals surface area (Å²) in [7, 11) is 0. The summed E-state index contributed by atoms with van der Waals surface area (Å²) >= 11 is 0. The third-order valence-electron chi connectivity index (χ3n) is 6.87. The van der Waals surface area contributed by atoms with Crippen molar-refractivity contribution in [2.24, 2.45) is 15.3 Å². The molecule has 0 radical (unpaired) electrons. The molecule has 3 rings (SSSR count). The molecule has 2 aliphatic rings. The van der Waals surface area contributed by atoms with Gasteiger partial charge < -0.3 is 29.0 Å². The Morgan fingerprint density at radius 1 is 0.907 bits per heavy atom. The Morgan fingerprint density at radius 3 is 2.09 bits per heavy atom. The van der Waals surface area contributed by atoms with E-state index in [1.165, 1.54) is 0 Å². The fourth-order valence-electron chi connectivity index (χ4n) is 5.00. The minimum absolute atomic E-state index is 0.0654. The van der Waals surface area contributed by atoms with Gasteiger partial charge in [0.15, 0.2) is 12.4 Å². The predicted molar refractivity (Wildman–Crippen MR) is 147 cm³/mol. The van der Waals surface area contributed by atoms with E-state index in [1.54, 1.807) is 6.92 Å². The summed E-state index contributed by atoms with van der Waals surface area (Å²) in [5.74, 6) is -1.53. The molecule has 0 bridgehead atoms. The number of carbonyl (C=O) groups is 3. The van der Waals surface area contributed by atoms with Crippen LogP contribution in [0, 0.1) is 0 Å². The maximum Gasteiger partial charge on any atom is 0.407 e. The van der Waals surface area contributed by atoms with Crippen LogP contribution in [0.5, 0.6) is 0 Å². The second-order valence-electron chi connectivity index (χ2n) is 9.92. The van der Waals surface area contributed by atoms with Gasteiger partial charge in [0.05, 0.1) is 30.3 Å². The fraction of sp³-hybridized carbons (Fsp3) is 0.640. The normalized spacial score (nSPS) is 28.8. The smallest absolute Gasteiger partial charge is 0.407 e. The molecule has 230 valence electrons. The Balaban J connectivity index is 1.82. The number of hydrogen-bond donors (Lipinski definition) is 1. The first kappa shape index (κ1) is 32.8. The van der Waals surface area contributed by atoms with Gasteiger partial charge in [-0.05, 0) is 48.3 Å².